The van der Waals surface area contributed by atoms with Crippen LogP contribution in [-0.2, 0) is 10.2 Å². The Morgan fingerprint density at radius 1 is 1.08 bits per heavy atom. The summed E-state index contributed by atoms with van der Waals surface area (Å²) in [6.45, 7) is 12.5. The molecule has 0 bridgehead atoms. The maximum absolute atomic E-state index is 12.4. The van der Waals surface area contributed by atoms with Crippen molar-refractivity contribution in [3.05, 3.63) is 44.5 Å². The van der Waals surface area contributed by atoms with Crippen molar-refractivity contribution in [2.45, 2.75) is 104 Å². The van der Waals surface area contributed by atoms with Gasteiger partial charge in [0.1, 0.15) is 0 Å². The van der Waals surface area contributed by atoms with Crippen LogP contribution >= 0.6 is 0 Å². The van der Waals surface area contributed by atoms with Crippen LogP contribution in [0.1, 0.15) is 109 Å². The number of allylic oxidation sites excluding steroid dienone is 1. The van der Waals surface area contributed by atoms with Crippen molar-refractivity contribution < 1.29 is 25.0 Å². The normalized spacial score (nSPS) is 41.7. The Kier molecular flexibility index (Phi) is 5.84. The lowest BCUT2D eigenvalue weighted by atomic mass is 9.33. The van der Waals surface area contributed by atoms with Gasteiger partial charge in [-0.1, -0.05) is 39.3 Å². The molecule has 0 radical (unpaired) electrons. The average Bonchev–Trinajstić information content (AvgIpc) is 2.84. The van der Waals surface area contributed by atoms with Crippen molar-refractivity contribution in [2.24, 2.45) is 27.6 Å². The molecule has 38 heavy (non-hydrogen) atoms. The maximum atomic E-state index is 12.4. The monoisotopic (exact) mass is 525 g/mol. The molecule has 0 aromatic heterocycles. The zero-order valence-corrected chi connectivity index (χ0v) is 23.7. The van der Waals surface area contributed by atoms with E-state index >= 15 is 0 Å². The van der Waals surface area contributed by atoms with Crippen LogP contribution in [0.4, 0.5) is 0 Å². The molecule has 0 saturated heterocycles. The first-order chi connectivity index (χ1) is 17.6. The Morgan fingerprint density at radius 3 is 2.34 bits per heavy atom. The van der Waals surface area contributed by atoms with Crippen LogP contribution in [0.2, 0.25) is 0 Å². The van der Waals surface area contributed by atoms with Crippen LogP contribution < -0.4 is 0 Å². The zero-order chi connectivity index (χ0) is 28.1. The number of rotatable bonds is 4. The highest BCUT2D eigenvalue weighted by molar-refractivity contribution is 5.74. The summed E-state index contributed by atoms with van der Waals surface area (Å²) in [5.74, 6) is -1.35. The standard InChI is InChI=1S/C31H43NO6/c1-7-31-13-11-29(5)20-15-21(33)25(34)18(2)24(20)19(17-32(37)38)14-22(29)30(31,6)12-10-27(3)8-9-28(4,26(35)36)16-23(27)31/h14-15,19,23,33-34H,7-13,16-17H2,1-6H3,(H,35,36)/t19-,23+,27+,28+,29-,30+,31-/m0/s1. The van der Waals surface area contributed by atoms with Crippen LogP contribution in [0, 0.1) is 44.6 Å². The predicted molar refractivity (Wildman–Crippen MR) is 145 cm³/mol. The lowest BCUT2D eigenvalue weighted by molar-refractivity contribution is -0.481. The molecule has 0 spiro atoms. The number of nitrogens with zero attached hydrogens (tertiary/aromatic N) is 1. The van der Waals surface area contributed by atoms with E-state index in [2.05, 4.69) is 33.8 Å². The molecule has 7 heteroatoms. The highest BCUT2D eigenvalue weighted by Crippen LogP contribution is 2.76. The molecule has 4 aliphatic rings. The lowest BCUT2D eigenvalue weighted by Gasteiger charge is -2.71. The molecule has 0 unspecified atom stereocenters. The molecule has 0 amide bonds. The van der Waals surface area contributed by atoms with Crippen LogP contribution in [-0.4, -0.2) is 32.8 Å². The number of carbonyl (C=O) groups is 1. The third kappa shape index (κ3) is 3.29. The molecule has 3 fully saturated rings. The van der Waals surface area contributed by atoms with Gasteiger partial charge in [-0.3, -0.25) is 14.9 Å². The summed E-state index contributed by atoms with van der Waals surface area (Å²) < 4.78 is 0. The second kappa shape index (κ2) is 8.22. The molecule has 5 rings (SSSR count). The molecule has 3 N–H and O–H groups in total. The van der Waals surface area contributed by atoms with E-state index in [1.54, 1.807) is 13.0 Å². The van der Waals surface area contributed by atoms with Gasteiger partial charge in [-0.25, -0.2) is 0 Å². The van der Waals surface area contributed by atoms with E-state index in [9.17, 15) is 30.2 Å². The number of hydrogen-bond acceptors (Lipinski definition) is 5. The SMILES string of the molecule is CC[C@@]12CC[C@]3(C)C(=C[C@@H](C[N+](=O)[O-])c4c3cc(O)c(O)c4C)[C@@]1(C)CC[C@@]1(C)CC[C@@](C)(C(=O)O)C[C@H]12. The highest BCUT2D eigenvalue weighted by atomic mass is 16.6. The molecule has 208 valence electrons. The summed E-state index contributed by atoms with van der Waals surface area (Å²) in [6, 6.07) is 1.65. The van der Waals surface area contributed by atoms with Gasteiger partial charge in [0.15, 0.2) is 11.5 Å². The number of carboxylic acids is 1. The van der Waals surface area contributed by atoms with Crippen molar-refractivity contribution in [1.29, 1.82) is 0 Å². The Bertz CT molecular complexity index is 1260. The minimum atomic E-state index is -0.743. The molecular formula is C31H43NO6. The first-order valence-electron chi connectivity index (χ1n) is 14.2. The number of nitro groups is 1. The fourth-order valence-electron chi connectivity index (χ4n) is 9.92. The van der Waals surface area contributed by atoms with Gasteiger partial charge in [0.2, 0.25) is 6.54 Å². The number of aliphatic carboxylic acids is 1. The Balaban J connectivity index is 1.73. The Labute approximate surface area is 225 Å². The molecule has 4 aliphatic carbocycles. The first-order valence-corrected chi connectivity index (χ1v) is 14.2. The third-order valence-corrected chi connectivity index (χ3v) is 12.4. The van der Waals surface area contributed by atoms with Crippen molar-refractivity contribution in [3.8, 4) is 11.5 Å². The summed E-state index contributed by atoms with van der Waals surface area (Å²) in [6.07, 6.45) is 9.06. The van der Waals surface area contributed by atoms with E-state index in [4.69, 9.17) is 0 Å². The van der Waals surface area contributed by atoms with Crippen molar-refractivity contribution in [2.75, 3.05) is 6.54 Å². The zero-order valence-electron chi connectivity index (χ0n) is 23.7. The van der Waals surface area contributed by atoms with Gasteiger partial charge in [-0.2, -0.15) is 0 Å². The number of aromatic hydroxyl groups is 2. The molecule has 3 saturated carbocycles. The molecule has 7 nitrogen and oxygen atoms in total. The Hall–Kier alpha value is -2.57. The maximum Gasteiger partial charge on any atom is 0.309 e. The van der Waals surface area contributed by atoms with Crippen molar-refractivity contribution >= 4 is 5.97 Å². The quantitative estimate of drug-likeness (QED) is 0.171. The molecule has 1 aromatic rings. The second-order valence-electron chi connectivity index (χ2n) is 14.0. The summed E-state index contributed by atoms with van der Waals surface area (Å²) in [5.41, 5.74) is 1.93. The van der Waals surface area contributed by atoms with Gasteiger partial charge < -0.3 is 15.3 Å². The van der Waals surface area contributed by atoms with E-state index in [1.807, 2.05) is 6.92 Å². The Morgan fingerprint density at radius 2 is 1.74 bits per heavy atom. The van der Waals surface area contributed by atoms with Gasteiger partial charge in [0.25, 0.3) is 0 Å². The van der Waals surface area contributed by atoms with E-state index in [-0.39, 0.29) is 45.1 Å². The van der Waals surface area contributed by atoms with Crippen molar-refractivity contribution in [3.63, 3.8) is 0 Å². The van der Waals surface area contributed by atoms with E-state index < -0.39 is 22.7 Å². The minimum absolute atomic E-state index is 0.0756. The van der Waals surface area contributed by atoms with Gasteiger partial charge in [-0.05, 0) is 110 Å². The fraction of sp³-hybridized carbons (Fsp3) is 0.710. The predicted octanol–water partition coefficient (Wildman–Crippen LogP) is 6.85. The molecule has 7 atom stereocenters. The lowest BCUT2D eigenvalue weighted by Crippen LogP contribution is -2.63. The summed E-state index contributed by atoms with van der Waals surface area (Å²) in [5, 5.41) is 43.3. The first kappa shape index (κ1) is 27.0. The van der Waals surface area contributed by atoms with E-state index in [1.165, 1.54) is 5.57 Å². The molecule has 0 aliphatic heterocycles. The van der Waals surface area contributed by atoms with E-state index in [0.717, 1.165) is 49.7 Å². The number of carboxylic acid groups (broad SMARTS) is 1. The molecule has 1 aromatic carbocycles. The average molecular weight is 526 g/mol. The molecule has 0 heterocycles. The topological polar surface area (TPSA) is 121 Å². The summed E-state index contributed by atoms with van der Waals surface area (Å²) >= 11 is 0. The van der Waals surface area contributed by atoms with Crippen LogP contribution in [0.5, 0.6) is 11.5 Å². The van der Waals surface area contributed by atoms with E-state index in [0.29, 0.717) is 18.4 Å². The number of hydrogen-bond donors (Lipinski definition) is 3. The number of phenols is 2. The smallest absolute Gasteiger partial charge is 0.309 e. The molecular weight excluding hydrogens is 482 g/mol. The van der Waals surface area contributed by atoms with Crippen LogP contribution in [0.3, 0.4) is 0 Å². The van der Waals surface area contributed by atoms with Gasteiger partial charge in [-0.15, -0.1) is 0 Å². The number of phenolic OH excluding ortho intramolecular Hbond substituents is 2. The fourth-order valence-corrected chi connectivity index (χ4v) is 9.92. The highest BCUT2D eigenvalue weighted by Gasteiger charge is 2.68. The third-order valence-electron chi connectivity index (χ3n) is 12.4. The minimum Gasteiger partial charge on any atom is -0.504 e. The summed E-state index contributed by atoms with van der Waals surface area (Å²) in [7, 11) is 0. The van der Waals surface area contributed by atoms with Gasteiger partial charge in [0, 0.05) is 10.3 Å². The van der Waals surface area contributed by atoms with Crippen LogP contribution in [0.15, 0.2) is 17.7 Å². The largest absolute Gasteiger partial charge is 0.504 e. The van der Waals surface area contributed by atoms with Crippen molar-refractivity contribution in [1.82, 2.24) is 0 Å². The van der Waals surface area contributed by atoms with Gasteiger partial charge in [0.05, 0.1) is 11.3 Å². The number of fused-ring (bicyclic) bond motifs is 7. The summed E-state index contributed by atoms with van der Waals surface area (Å²) in [4.78, 5) is 24.0. The second-order valence-corrected chi connectivity index (χ2v) is 14.0. The number of benzene rings is 1. The van der Waals surface area contributed by atoms with Gasteiger partial charge >= 0.3 is 5.97 Å². The van der Waals surface area contributed by atoms with Crippen LogP contribution in [0.25, 0.3) is 0 Å².